The Bertz CT molecular complexity index is 1060. The molecule has 154 valence electrons. The standard InChI is InChI=1S/C24H26N4O2/c1-14-11-18(15(2)27(14)20-9-7-19(8-10-20)26(3)4)13-25-28-23(29)21-16-5-6-17(12-16)22(21)24(28)30/h5-11,13,16-17,21-22H,12H2,1-4H3/t16-,17-,21-,22+/m0/s1. The molecule has 4 atom stereocenters. The van der Waals surface area contributed by atoms with Crippen LogP contribution in [0.1, 0.15) is 23.4 Å². The minimum atomic E-state index is -0.215. The summed E-state index contributed by atoms with van der Waals surface area (Å²) in [7, 11) is 4.04. The third kappa shape index (κ3) is 2.66. The fraction of sp³-hybridized carbons (Fsp3) is 0.375. The molecule has 0 unspecified atom stereocenters. The zero-order valence-electron chi connectivity index (χ0n) is 17.7. The topological polar surface area (TPSA) is 57.9 Å². The number of hydrazone groups is 1. The first-order chi connectivity index (χ1) is 14.4. The number of benzene rings is 1. The van der Waals surface area contributed by atoms with Gasteiger partial charge in [0.2, 0.25) is 0 Å². The Labute approximate surface area is 176 Å². The number of anilines is 1. The van der Waals surface area contributed by atoms with Crippen LogP contribution in [-0.2, 0) is 9.59 Å². The number of imide groups is 1. The summed E-state index contributed by atoms with van der Waals surface area (Å²) in [6.45, 7) is 4.07. The van der Waals surface area contributed by atoms with Crippen molar-refractivity contribution >= 4 is 23.7 Å². The summed E-state index contributed by atoms with van der Waals surface area (Å²) in [6, 6.07) is 10.4. The van der Waals surface area contributed by atoms with Gasteiger partial charge in [-0.1, -0.05) is 12.2 Å². The highest BCUT2D eigenvalue weighted by molar-refractivity contribution is 6.06. The molecule has 2 heterocycles. The molecule has 6 nitrogen and oxygen atoms in total. The van der Waals surface area contributed by atoms with Crippen molar-refractivity contribution in [1.29, 1.82) is 0 Å². The van der Waals surface area contributed by atoms with Gasteiger partial charge in [0.25, 0.3) is 11.8 Å². The van der Waals surface area contributed by atoms with Crippen LogP contribution in [0.5, 0.6) is 0 Å². The lowest BCUT2D eigenvalue weighted by molar-refractivity contribution is -0.140. The first kappa shape index (κ1) is 18.9. The van der Waals surface area contributed by atoms with Crippen LogP contribution in [0.2, 0.25) is 0 Å². The molecule has 2 aromatic rings. The number of carbonyl (C=O) groups is 2. The van der Waals surface area contributed by atoms with Crippen molar-refractivity contribution in [2.75, 3.05) is 19.0 Å². The molecule has 1 aromatic carbocycles. The van der Waals surface area contributed by atoms with Crippen LogP contribution in [0.15, 0.2) is 47.6 Å². The van der Waals surface area contributed by atoms with Crippen molar-refractivity contribution in [3.05, 3.63) is 59.4 Å². The predicted molar refractivity (Wildman–Crippen MR) is 117 cm³/mol. The van der Waals surface area contributed by atoms with E-state index in [1.165, 1.54) is 0 Å². The molecule has 5 rings (SSSR count). The summed E-state index contributed by atoms with van der Waals surface area (Å²) in [6.07, 6.45) is 6.77. The zero-order chi connectivity index (χ0) is 21.2. The van der Waals surface area contributed by atoms with Crippen molar-refractivity contribution < 1.29 is 9.59 Å². The molecule has 1 aliphatic heterocycles. The molecular formula is C24H26N4O2. The molecule has 2 fully saturated rings. The second-order valence-electron chi connectivity index (χ2n) is 8.81. The fourth-order valence-corrected chi connectivity index (χ4v) is 5.34. The number of hydrogen-bond donors (Lipinski definition) is 0. The van der Waals surface area contributed by atoms with Crippen LogP contribution in [-0.4, -0.2) is 41.7 Å². The van der Waals surface area contributed by atoms with Gasteiger partial charge < -0.3 is 9.47 Å². The highest BCUT2D eigenvalue weighted by Crippen LogP contribution is 2.52. The molecule has 1 saturated carbocycles. The van der Waals surface area contributed by atoms with Gasteiger partial charge in [0.1, 0.15) is 0 Å². The molecule has 1 saturated heterocycles. The van der Waals surface area contributed by atoms with Gasteiger partial charge in [-0.2, -0.15) is 10.1 Å². The number of hydrogen-bond acceptors (Lipinski definition) is 4. The number of aromatic nitrogens is 1. The van der Waals surface area contributed by atoms with E-state index in [1.54, 1.807) is 6.21 Å². The molecule has 0 radical (unpaired) electrons. The van der Waals surface area contributed by atoms with Gasteiger partial charge in [0.05, 0.1) is 18.1 Å². The van der Waals surface area contributed by atoms with E-state index in [2.05, 4.69) is 51.0 Å². The lowest BCUT2D eigenvalue weighted by Gasteiger charge is -2.15. The summed E-state index contributed by atoms with van der Waals surface area (Å²) < 4.78 is 2.16. The van der Waals surface area contributed by atoms with Gasteiger partial charge in [0.15, 0.2) is 0 Å². The number of nitrogens with zero attached hydrogens (tertiary/aromatic N) is 4. The highest BCUT2D eigenvalue weighted by atomic mass is 16.2. The van der Waals surface area contributed by atoms with Crippen LogP contribution in [0.4, 0.5) is 5.69 Å². The summed E-state index contributed by atoms with van der Waals surface area (Å²) >= 11 is 0. The zero-order valence-corrected chi connectivity index (χ0v) is 17.7. The van der Waals surface area contributed by atoms with Crippen molar-refractivity contribution in [2.24, 2.45) is 28.8 Å². The lowest BCUT2D eigenvalue weighted by Crippen LogP contribution is -2.28. The monoisotopic (exact) mass is 402 g/mol. The molecule has 2 aliphatic carbocycles. The third-order valence-corrected chi connectivity index (χ3v) is 6.85. The average Bonchev–Trinajstić information content (AvgIpc) is 3.45. The fourth-order valence-electron chi connectivity index (χ4n) is 5.34. The number of aryl methyl sites for hydroxylation is 1. The van der Waals surface area contributed by atoms with E-state index in [9.17, 15) is 9.59 Å². The van der Waals surface area contributed by atoms with Gasteiger partial charge in [-0.25, -0.2) is 0 Å². The van der Waals surface area contributed by atoms with E-state index in [-0.39, 0.29) is 35.5 Å². The van der Waals surface area contributed by atoms with Crippen molar-refractivity contribution in [2.45, 2.75) is 20.3 Å². The van der Waals surface area contributed by atoms with Gasteiger partial charge in [-0.05, 0) is 62.4 Å². The number of carbonyl (C=O) groups excluding carboxylic acids is 2. The lowest BCUT2D eigenvalue weighted by atomic mass is 9.85. The normalized spacial score (nSPS) is 27.0. The van der Waals surface area contributed by atoms with Crippen molar-refractivity contribution in [1.82, 2.24) is 9.58 Å². The largest absolute Gasteiger partial charge is 0.378 e. The van der Waals surface area contributed by atoms with Crippen LogP contribution in [0.25, 0.3) is 5.69 Å². The molecule has 30 heavy (non-hydrogen) atoms. The number of rotatable bonds is 4. The van der Waals surface area contributed by atoms with Gasteiger partial charge in [-0.3, -0.25) is 9.59 Å². The van der Waals surface area contributed by atoms with E-state index in [4.69, 9.17) is 0 Å². The maximum atomic E-state index is 12.8. The summed E-state index contributed by atoms with van der Waals surface area (Å²) in [5.74, 6) is -0.323. The summed E-state index contributed by atoms with van der Waals surface area (Å²) in [5, 5.41) is 5.45. The third-order valence-electron chi connectivity index (χ3n) is 6.85. The van der Waals surface area contributed by atoms with Gasteiger partial charge >= 0.3 is 0 Å². The van der Waals surface area contributed by atoms with Crippen molar-refractivity contribution in [3.8, 4) is 5.69 Å². The number of allylic oxidation sites excluding steroid dienone is 2. The van der Waals surface area contributed by atoms with E-state index >= 15 is 0 Å². The second-order valence-corrected chi connectivity index (χ2v) is 8.81. The number of fused-ring (bicyclic) bond motifs is 5. The molecule has 2 bridgehead atoms. The Morgan fingerprint density at radius 2 is 1.60 bits per heavy atom. The Morgan fingerprint density at radius 3 is 2.17 bits per heavy atom. The Balaban J connectivity index is 1.41. The van der Waals surface area contributed by atoms with Crippen LogP contribution >= 0.6 is 0 Å². The minimum absolute atomic E-state index is 0.147. The molecule has 0 spiro atoms. The smallest absolute Gasteiger partial charge is 0.254 e. The minimum Gasteiger partial charge on any atom is -0.378 e. The summed E-state index contributed by atoms with van der Waals surface area (Å²) in [4.78, 5) is 27.7. The Hall–Kier alpha value is -3.15. The van der Waals surface area contributed by atoms with E-state index in [0.29, 0.717) is 0 Å². The Morgan fingerprint density at radius 1 is 1.00 bits per heavy atom. The van der Waals surface area contributed by atoms with Crippen molar-refractivity contribution in [3.63, 3.8) is 0 Å². The number of amides is 2. The first-order valence-electron chi connectivity index (χ1n) is 10.4. The maximum Gasteiger partial charge on any atom is 0.254 e. The van der Waals surface area contributed by atoms with Gasteiger partial charge in [-0.15, -0.1) is 0 Å². The van der Waals surface area contributed by atoms with E-state index in [1.807, 2.05) is 34.0 Å². The van der Waals surface area contributed by atoms with Crippen LogP contribution in [0.3, 0.4) is 0 Å². The Kier molecular flexibility index (Phi) is 4.20. The molecule has 0 N–H and O–H groups in total. The average molecular weight is 402 g/mol. The highest BCUT2D eigenvalue weighted by Gasteiger charge is 2.59. The second kappa shape index (κ2) is 6.69. The maximum absolute atomic E-state index is 12.8. The van der Waals surface area contributed by atoms with Gasteiger partial charge in [0, 0.05) is 42.4 Å². The molecule has 3 aliphatic rings. The molecular weight excluding hydrogens is 376 g/mol. The van der Waals surface area contributed by atoms with E-state index in [0.717, 1.165) is 39.8 Å². The predicted octanol–water partition coefficient (Wildman–Crippen LogP) is 3.30. The summed E-state index contributed by atoms with van der Waals surface area (Å²) in [5.41, 5.74) is 5.21. The van der Waals surface area contributed by atoms with Crippen LogP contribution in [0, 0.1) is 37.5 Å². The SMILES string of the molecule is Cc1cc(C=NN2C(=O)[C@@H]3[C@H](C2=O)[C@H]2C=C[C@H]3C2)c(C)n1-c1ccc(N(C)C)cc1. The molecule has 1 aromatic heterocycles. The first-order valence-corrected chi connectivity index (χ1v) is 10.4. The quantitative estimate of drug-likeness (QED) is 0.448. The molecule has 6 heteroatoms. The molecule has 2 amide bonds. The van der Waals surface area contributed by atoms with E-state index < -0.39 is 0 Å². The van der Waals surface area contributed by atoms with Crippen LogP contribution < -0.4 is 4.90 Å².